The zero-order chi connectivity index (χ0) is 20.5. The van der Waals surface area contributed by atoms with Crippen LogP contribution in [0, 0.1) is 11.8 Å². The molecule has 4 heterocycles. The monoisotopic (exact) mass is 408 g/mol. The molecule has 30 heavy (non-hydrogen) atoms. The SMILES string of the molecule is COCCOc1ncc2c(n1)N(Cc1ccc(CN3CC4CC(C4)C3)cc1)C(=O)C2. The van der Waals surface area contributed by atoms with Crippen LogP contribution in [-0.2, 0) is 29.0 Å². The molecule has 0 radical (unpaired) electrons. The van der Waals surface area contributed by atoms with Crippen molar-refractivity contribution in [1.82, 2.24) is 14.9 Å². The maximum Gasteiger partial charge on any atom is 0.318 e. The number of hydrogen-bond acceptors (Lipinski definition) is 6. The fourth-order valence-electron chi connectivity index (χ4n) is 4.86. The van der Waals surface area contributed by atoms with Gasteiger partial charge in [-0.05, 0) is 35.8 Å². The number of carbonyl (C=O) groups excluding carboxylic acids is 1. The number of aromatic nitrogens is 2. The molecule has 0 spiro atoms. The standard InChI is InChI=1S/C23H28N4O3/c1-29-6-7-30-23-24-11-20-10-21(28)27(22(20)25-23)15-17-4-2-16(3-5-17)12-26-13-18-8-19(9-18)14-26/h2-5,11,18-19H,6-10,12-15H2,1H3. The zero-order valence-electron chi connectivity index (χ0n) is 17.4. The molecule has 1 aromatic heterocycles. The van der Waals surface area contributed by atoms with Crippen molar-refractivity contribution in [2.24, 2.45) is 11.8 Å². The summed E-state index contributed by atoms with van der Waals surface area (Å²) >= 11 is 0. The number of fused-ring (bicyclic) bond motifs is 3. The summed E-state index contributed by atoms with van der Waals surface area (Å²) in [6, 6.07) is 8.91. The van der Waals surface area contributed by atoms with Gasteiger partial charge in [-0.15, -0.1) is 0 Å². The molecule has 3 fully saturated rings. The van der Waals surface area contributed by atoms with Gasteiger partial charge in [-0.25, -0.2) is 4.98 Å². The maximum atomic E-state index is 12.6. The van der Waals surface area contributed by atoms with Crippen LogP contribution in [0.2, 0.25) is 0 Å². The third-order valence-electron chi connectivity index (χ3n) is 6.37. The fraction of sp³-hybridized carbons (Fsp3) is 0.522. The quantitative estimate of drug-likeness (QED) is 0.625. The number of rotatable bonds is 8. The number of benzene rings is 1. The fourth-order valence-corrected chi connectivity index (χ4v) is 4.86. The van der Waals surface area contributed by atoms with Crippen molar-refractivity contribution < 1.29 is 14.3 Å². The number of amides is 1. The normalized spacial score (nSPS) is 22.7. The van der Waals surface area contributed by atoms with Gasteiger partial charge < -0.3 is 9.47 Å². The summed E-state index contributed by atoms with van der Waals surface area (Å²) in [5.74, 6) is 2.55. The summed E-state index contributed by atoms with van der Waals surface area (Å²) in [7, 11) is 1.62. The predicted octanol–water partition coefficient (Wildman–Crippen LogP) is 2.43. The summed E-state index contributed by atoms with van der Waals surface area (Å²) in [6.45, 7) is 4.86. The number of methoxy groups -OCH3 is 1. The molecule has 158 valence electrons. The first-order valence-corrected chi connectivity index (χ1v) is 10.8. The molecule has 0 N–H and O–H groups in total. The van der Waals surface area contributed by atoms with E-state index in [9.17, 15) is 4.79 Å². The maximum absolute atomic E-state index is 12.6. The largest absolute Gasteiger partial charge is 0.461 e. The minimum absolute atomic E-state index is 0.0463. The Balaban J connectivity index is 1.23. The van der Waals surface area contributed by atoms with E-state index in [1.807, 2.05) is 0 Å². The molecule has 0 atom stereocenters. The van der Waals surface area contributed by atoms with E-state index in [2.05, 4.69) is 39.1 Å². The first kappa shape index (κ1) is 19.5. The highest BCUT2D eigenvalue weighted by molar-refractivity contribution is 6.00. The van der Waals surface area contributed by atoms with Gasteiger partial charge in [0, 0.05) is 38.5 Å². The van der Waals surface area contributed by atoms with Gasteiger partial charge in [0.25, 0.3) is 0 Å². The summed E-state index contributed by atoms with van der Waals surface area (Å²) in [5, 5.41) is 0. The lowest BCUT2D eigenvalue weighted by atomic mass is 9.71. The highest BCUT2D eigenvalue weighted by Crippen LogP contribution is 2.39. The number of nitrogens with zero attached hydrogens (tertiary/aromatic N) is 4. The third kappa shape index (κ3) is 4.04. The Bertz CT molecular complexity index is 901. The molecule has 1 aliphatic carbocycles. The van der Waals surface area contributed by atoms with Crippen molar-refractivity contribution in [1.29, 1.82) is 0 Å². The zero-order valence-corrected chi connectivity index (χ0v) is 17.4. The van der Waals surface area contributed by atoms with Gasteiger partial charge in [-0.2, -0.15) is 4.98 Å². The van der Waals surface area contributed by atoms with Crippen LogP contribution in [0.1, 0.15) is 29.5 Å². The van der Waals surface area contributed by atoms with Crippen LogP contribution in [0.3, 0.4) is 0 Å². The smallest absolute Gasteiger partial charge is 0.318 e. The Hall–Kier alpha value is -2.51. The van der Waals surface area contributed by atoms with Gasteiger partial charge >= 0.3 is 6.01 Å². The number of hydrogen-bond donors (Lipinski definition) is 0. The van der Waals surface area contributed by atoms with Gasteiger partial charge in [0.2, 0.25) is 5.91 Å². The second kappa shape index (κ2) is 8.32. The van der Waals surface area contributed by atoms with Gasteiger partial charge in [0.15, 0.2) is 0 Å². The van der Waals surface area contributed by atoms with Crippen LogP contribution in [0.15, 0.2) is 30.5 Å². The molecule has 7 heteroatoms. The topological polar surface area (TPSA) is 67.8 Å². The van der Waals surface area contributed by atoms with Crippen LogP contribution in [-0.4, -0.2) is 54.2 Å². The van der Waals surface area contributed by atoms with Crippen LogP contribution in [0.25, 0.3) is 0 Å². The molecular weight excluding hydrogens is 380 g/mol. The van der Waals surface area contributed by atoms with Crippen molar-refractivity contribution in [3.05, 3.63) is 47.2 Å². The Morgan fingerprint density at radius 3 is 2.43 bits per heavy atom. The lowest BCUT2D eigenvalue weighted by Crippen LogP contribution is -2.47. The summed E-state index contributed by atoms with van der Waals surface area (Å²) in [6.07, 6.45) is 4.89. The summed E-state index contributed by atoms with van der Waals surface area (Å²) < 4.78 is 10.5. The lowest BCUT2D eigenvalue weighted by Gasteiger charge is -2.47. The Kier molecular flexibility index (Phi) is 5.39. The Labute approximate surface area is 177 Å². The molecule has 2 aromatic rings. The first-order chi connectivity index (χ1) is 14.7. The van der Waals surface area contributed by atoms with Crippen LogP contribution >= 0.6 is 0 Å². The summed E-state index contributed by atoms with van der Waals surface area (Å²) in [5.41, 5.74) is 3.28. The van der Waals surface area contributed by atoms with E-state index in [-0.39, 0.29) is 11.9 Å². The molecule has 2 bridgehead atoms. The minimum atomic E-state index is 0.0463. The molecule has 6 rings (SSSR count). The van der Waals surface area contributed by atoms with Gasteiger partial charge in [-0.3, -0.25) is 14.6 Å². The van der Waals surface area contributed by atoms with Crippen molar-refractivity contribution in [3.63, 3.8) is 0 Å². The van der Waals surface area contributed by atoms with Gasteiger partial charge in [0.1, 0.15) is 12.4 Å². The van der Waals surface area contributed by atoms with Crippen molar-refractivity contribution in [2.75, 3.05) is 38.3 Å². The Morgan fingerprint density at radius 1 is 1.03 bits per heavy atom. The number of ether oxygens (including phenoxy) is 2. The number of piperidine rings is 2. The molecule has 0 unspecified atom stereocenters. The second-order valence-electron chi connectivity index (χ2n) is 8.71. The number of anilines is 1. The summed E-state index contributed by atoms with van der Waals surface area (Å²) in [4.78, 5) is 25.5. The van der Waals surface area contributed by atoms with Crippen molar-refractivity contribution >= 4 is 11.7 Å². The van der Waals surface area contributed by atoms with Crippen LogP contribution in [0.5, 0.6) is 6.01 Å². The molecular formula is C23H28N4O3. The molecule has 2 saturated heterocycles. The van der Waals surface area contributed by atoms with Gasteiger partial charge in [-0.1, -0.05) is 24.3 Å². The van der Waals surface area contributed by atoms with E-state index in [4.69, 9.17) is 9.47 Å². The van der Waals surface area contributed by atoms with E-state index in [0.717, 1.165) is 29.5 Å². The van der Waals surface area contributed by atoms with Crippen LogP contribution < -0.4 is 9.64 Å². The highest BCUT2D eigenvalue weighted by atomic mass is 16.5. The minimum Gasteiger partial charge on any atom is -0.461 e. The third-order valence-corrected chi connectivity index (χ3v) is 6.37. The van der Waals surface area contributed by atoms with E-state index in [0.29, 0.717) is 32.0 Å². The molecule has 3 aliphatic heterocycles. The Morgan fingerprint density at radius 2 is 1.73 bits per heavy atom. The molecule has 1 amide bonds. The average molecular weight is 409 g/mol. The van der Waals surface area contributed by atoms with E-state index >= 15 is 0 Å². The predicted molar refractivity (Wildman–Crippen MR) is 112 cm³/mol. The van der Waals surface area contributed by atoms with E-state index in [1.165, 1.54) is 31.5 Å². The molecule has 1 aromatic carbocycles. The van der Waals surface area contributed by atoms with Crippen molar-refractivity contribution in [2.45, 2.75) is 32.4 Å². The molecule has 7 nitrogen and oxygen atoms in total. The second-order valence-corrected chi connectivity index (χ2v) is 8.71. The van der Waals surface area contributed by atoms with Gasteiger partial charge in [0.05, 0.1) is 19.6 Å². The molecule has 4 aliphatic rings. The average Bonchev–Trinajstić information content (AvgIpc) is 3.04. The highest BCUT2D eigenvalue weighted by Gasteiger charge is 2.36. The first-order valence-electron chi connectivity index (χ1n) is 10.8. The molecule has 1 saturated carbocycles. The van der Waals surface area contributed by atoms with E-state index in [1.54, 1.807) is 18.2 Å². The van der Waals surface area contributed by atoms with E-state index < -0.39 is 0 Å². The number of carbonyl (C=O) groups is 1. The van der Waals surface area contributed by atoms with Crippen LogP contribution in [0.4, 0.5) is 5.82 Å². The van der Waals surface area contributed by atoms with Crippen molar-refractivity contribution in [3.8, 4) is 6.01 Å². The lowest BCUT2D eigenvalue weighted by molar-refractivity contribution is -0.117.